The number of nitrogens with one attached hydrogen (secondary N) is 1. The van der Waals surface area contributed by atoms with Crippen LogP contribution in [-0.2, 0) is 4.79 Å². The van der Waals surface area contributed by atoms with E-state index >= 15 is 0 Å². The molecule has 0 aromatic carbocycles. The van der Waals surface area contributed by atoms with Gasteiger partial charge in [-0.05, 0) is 24.2 Å². The number of hydrogen-bond acceptors (Lipinski definition) is 6. The standard InChI is InChI=1S/C8H12N4O4/c1-8(2,7(14)15)3-10-6(13)4-5(9)12-16-11-4/h3H2,1-2H3,(H2,9,12)(H,10,13)(H,14,15). The number of nitrogen functional groups attached to an aromatic ring is 1. The summed E-state index contributed by atoms with van der Waals surface area (Å²) >= 11 is 0. The van der Waals surface area contributed by atoms with Crippen molar-refractivity contribution in [2.24, 2.45) is 5.41 Å². The average Bonchev–Trinajstić information content (AvgIpc) is 2.61. The molecule has 0 unspecified atom stereocenters. The van der Waals surface area contributed by atoms with Crippen LogP contribution in [0, 0.1) is 5.41 Å². The molecule has 0 saturated heterocycles. The van der Waals surface area contributed by atoms with Crippen LogP contribution < -0.4 is 11.1 Å². The molecule has 0 spiro atoms. The van der Waals surface area contributed by atoms with Crippen LogP contribution in [0.5, 0.6) is 0 Å². The third-order valence-corrected chi connectivity index (χ3v) is 2.00. The second-order valence-electron chi connectivity index (χ2n) is 3.87. The number of aliphatic carboxylic acids is 1. The lowest BCUT2D eigenvalue weighted by atomic mass is 9.94. The van der Waals surface area contributed by atoms with E-state index in [0.29, 0.717) is 0 Å². The molecule has 1 aromatic heterocycles. The first-order valence-electron chi connectivity index (χ1n) is 4.44. The second-order valence-corrected chi connectivity index (χ2v) is 3.87. The molecule has 16 heavy (non-hydrogen) atoms. The summed E-state index contributed by atoms with van der Waals surface area (Å²) in [7, 11) is 0. The zero-order chi connectivity index (χ0) is 12.3. The molecule has 1 amide bonds. The molecule has 1 aromatic rings. The maximum absolute atomic E-state index is 11.4. The van der Waals surface area contributed by atoms with Crippen molar-refractivity contribution >= 4 is 17.7 Å². The Morgan fingerprint density at radius 1 is 1.50 bits per heavy atom. The number of anilines is 1. The lowest BCUT2D eigenvalue weighted by Crippen LogP contribution is -2.39. The molecule has 1 rings (SSSR count). The molecule has 8 heteroatoms. The van der Waals surface area contributed by atoms with Gasteiger partial charge in [0, 0.05) is 6.54 Å². The minimum absolute atomic E-state index is 0.0481. The van der Waals surface area contributed by atoms with Crippen molar-refractivity contribution in [3.63, 3.8) is 0 Å². The van der Waals surface area contributed by atoms with Crippen LogP contribution in [0.3, 0.4) is 0 Å². The third-order valence-electron chi connectivity index (χ3n) is 2.00. The average molecular weight is 228 g/mol. The summed E-state index contributed by atoms with van der Waals surface area (Å²) < 4.78 is 4.24. The Labute approximate surface area is 90.8 Å². The third kappa shape index (κ3) is 2.47. The topological polar surface area (TPSA) is 131 Å². The quantitative estimate of drug-likeness (QED) is 0.632. The molecule has 0 aliphatic rings. The van der Waals surface area contributed by atoms with Crippen LogP contribution in [0.25, 0.3) is 0 Å². The van der Waals surface area contributed by atoms with Crippen LogP contribution in [0.1, 0.15) is 24.3 Å². The van der Waals surface area contributed by atoms with Gasteiger partial charge in [0.2, 0.25) is 11.5 Å². The van der Waals surface area contributed by atoms with E-state index in [1.807, 2.05) is 0 Å². The van der Waals surface area contributed by atoms with E-state index in [0.717, 1.165) is 0 Å². The Kier molecular flexibility index (Phi) is 3.11. The van der Waals surface area contributed by atoms with Crippen molar-refractivity contribution in [2.45, 2.75) is 13.8 Å². The lowest BCUT2D eigenvalue weighted by Gasteiger charge is -2.18. The molecule has 0 bridgehead atoms. The second kappa shape index (κ2) is 4.17. The molecular weight excluding hydrogens is 216 g/mol. The minimum Gasteiger partial charge on any atom is -0.481 e. The van der Waals surface area contributed by atoms with Gasteiger partial charge in [0.25, 0.3) is 5.91 Å². The largest absolute Gasteiger partial charge is 0.481 e. The predicted molar refractivity (Wildman–Crippen MR) is 52.5 cm³/mol. The monoisotopic (exact) mass is 228 g/mol. The molecule has 0 fully saturated rings. The first-order chi connectivity index (χ1) is 7.34. The summed E-state index contributed by atoms with van der Waals surface area (Å²) in [5, 5.41) is 17.7. The number of amides is 1. The summed E-state index contributed by atoms with van der Waals surface area (Å²) in [5.41, 5.74) is 4.08. The van der Waals surface area contributed by atoms with Gasteiger partial charge in [0.15, 0.2) is 0 Å². The van der Waals surface area contributed by atoms with E-state index in [9.17, 15) is 9.59 Å². The summed E-state index contributed by atoms with van der Waals surface area (Å²) in [6, 6.07) is 0. The Morgan fingerprint density at radius 2 is 2.12 bits per heavy atom. The van der Waals surface area contributed by atoms with Crippen molar-refractivity contribution in [1.29, 1.82) is 0 Å². The van der Waals surface area contributed by atoms with E-state index in [1.165, 1.54) is 13.8 Å². The highest BCUT2D eigenvalue weighted by molar-refractivity contribution is 5.96. The van der Waals surface area contributed by atoms with E-state index in [-0.39, 0.29) is 18.1 Å². The molecule has 8 nitrogen and oxygen atoms in total. The van der Waals surface area contributed by atoms with Gasteiger partial charge in [0.1, 0.15) is 0 Å². The number of hydrogen-bond donors (Lipinski definition) is 3. The van der Waals surface area contributed by atoms with Crippen LogP contribution in [-0.4, -0.2) is 33.8 Å². The van der Waals surface area contributed by atoms with Gasteiger partial charge in [-0.3, -0.25) is 9.59 Å². The lowest BCUT2D eigenvalue weighted by molar-refractivity contribution is -0.146. The van der Waals surface area contributed by atoms with Gasteiger partial charge in [-0.15, -0.1) is 0 Å². The van der Waals surface area contributed by atoms with E-state index in [2.05, 4.69) is 20.3 Å². The van der Waals surface area contributed by atoms with Crippen LogP contribution in [0.2, 0.25) is 0 Å². The number of nitrogens with two attached hydrogens (primary N) is 1. The van der Waals surface area contributed by atoms with Gasteiger partial charge < -0.3 is 16.2 Å². The predicted octanol–water partition coefficient (Wildman–Crippen LogP) is -0.508. The zero-order valence-electron chi connectivity index (χ0n) is 8.85. The molecule has 0 atom stereocenters. The van der Waals surface area contributed by atoms with E-state index < -0.39 is 17.3 Å². The first kappa shape index (κ1) is 12.0. The van der Waals surface area contributed by atoms with Gasteiger partial charge in [-0.1, -0.05) is 0 Å². The summed E-state index contributed by atoms with van der Waals surface area (Å²) in [4.78, 5) is 22.2. The highest BCUT2D eigenvalue weighted by Gasteiger charge is 2.28. The molecule has 4 N–H and O–H groups in total. The summed E-state index contributed by atoms with van der Waals surface area (Å²) in [5.74, 6) is -1.77. The van der Waals surface area contributed by atoms with Gasteiger partial charge in [0.05, 0.1) is 5.41 Å². The Morgan fingerprint density at radius 3 is 2.56 bits per heavy atom. The van der Waals surface area contributed by atoms with Crippen LogP contribution in [0.4, 0.5) is 5.82 Å². The normalized spacial score (nSPS) is 11.1. The minimum atomic E-state index is -1.07. The Hall–Kier alpha value is -2.12. The number of rotatable bonds is 4. The fourth-order valence-corrected chi connectivity index (χ4v) is 0.814. The van der Waals surface area contributed by atoms with Crippen molar-refractivity contribution in [3.8, 4) is 0 Å². The van der Waals surface area contributed by atoms with Gasteiger partial charge in [-0.25, -0.2) is 4.63 Å². The number of carboxylic acid groups (broad SMARTS) is 1. The maximum Gasteiger partial charge on any atom is 0.310 e. The molecule has 88 valence electrons. The van der Waals surface area contributed by atoms with Gasteiger partial charge in [-0.2, -0.15) is 0 Å². The number of carbonyl (C=O) groups is 2. The van der Waals surface area contributed by atoms with E-state index in [1.54, 1.807) is 0 Å². The zero-order valence-corrected chi connectivity index (χ0v) is 8.85. The fraction of sp³-hybridized carbons (Fsp3) is 0.500. The number of aromatic nitrogens is 2. The number of carbonyl (C=O) groups excluding carboxylic acids is 1. The van der Waals surface area contributed by atoms with Crippen LogP contribution >= 0.6 is 0 Å². The molecule has 1 heterocycles. The summed E-state index contributed by atoms with van der Waals surface area (Å²) in [6.07, 6.45) is 0. The molecule has 0 radical (unpaired) electrons. The Balaban J connectivity index is 2.61. The first-order valence-corrected chi connectivity index (χ1v) is 4.44. The van der Waals surface area contributed by atoms with Crippen molar-refractivity contribution in [2.75, 3.05) is 12.3 Å². The smallest absolute Gasteiger partial charge is 0.310 e. The molecule has 0 aliphatic carbocycles. The SMILES string of the molecule is CC(C)(CNC(=O)c1nonc1N)C(=O)O. The molecule has 0 aliphatic heterocycles. The highest BCUT2D eigenvalue weighted by atomic mass is 16.6. The van der Waals surface area contributed by atoms with Crippen molar-refractivity contribution in [1.82, 2.24) is 15.6 Å². The van der Waals surface area contributed by atoms with Crippen molar-refractivity contribution < 1.29 is 19.3 Å². The number of carboxylic acids is 1. The maximum atomic E-state index is 11.4. The van der Waals surface area contributed by atoms with Gasteiger partial charge >= 0.3 is 5.97 Å². The molecule has 0 saturated carbocycles. The molecular formula is C8H12N4O4. The van der Waals surface area contributed by atoms with E-state index in [4.69, 9.17) is 10.8 Å². The van der Waals surface area contributed by atoms with Crippen molar-refractivity contribution in [3.05, 3.63) is 5.69 Å². The van der Waals surface area contributed by atoms with Crippen LogP contribution in [0.15, 0.2) is 4.63 Å². The Bertz CT molecular complexity index is 412. The summed E-state index contributed by atoms with van der Waals surface area (Å²) in [6.45, 7) is 2.92. The fourth-order valence-electron chi connectivity index (χ4n) is 0.814. The number of nitrogens with zero attached hydrogens (tertiary/aromatic N) is 2. The highest BCUT2D eigenvalue weighted by Crippen LogP contribution is 2.13.